The lowest BCUT2D eigenvalue weighted by molar-refractivity contribution is -0.116. The van der Waals surface area contributed by atoms with E-state index in [4.69, 9.17) is 16.3 Å². The summed E-state index contributed by atoms with van der Waals surface area (Å²) in [6, 6.07) is 11.3. The predicted octanol–water partition coefficient (Wildman–Crippen LogP) is 3.75. The molecule has 0 bridgehead atoms. The van der Waals surface area contributed by atoms with Crippen LogP contribution in [-0.4, -0.2) is 38.3 Å². The van der Waals surface area contributed by atoms with E-state index in [1.165, 1.54) is 18.2 Å². The maximum Gasteiger partial charge on any atom is 0.246 e. The zero-order chi connectivity index (χ0) is 18.5. The molecule has 1 aliphatic heterocycles. The molecule has 0 saturated carbocycles. The Kier molecular flexibility index (Phi) is 5.96. The van der Waals surface area contributed by atoms with E-state index >= 15 is 0 Å². The molecule has 26 heavy (non-hydrogen) atoms. The first-order valence-corrected chi connectivity index (χ1v) is 8.86. The van der Waals surface area contributed by atoms with Gasteiger partial charge in [-0.1, -0.05) is 11.6 Å². The summed E-state index contributed by atoms with van der Waals surface area (Å²) in [6.07, 6.45) is 0. The number of hydrogen-bond acceptors (Lipinski definition) is 4. The molecule has 1 aliphatic rings. The molecule has 138 valence electrons. The molecule has 1 amide bonds. The summed E-state index contributed by atoms with van der Waals surface area (Å²) in [5, 5.41) is 6.02. The van der Waals surface area contributed by atoms with Gasteiger partial charge in [-0.05, 0) is 49.4 Å². The number of ether oxygens (including phenoxy) is 1. The van der Waals surface area contributed by atoms with Crippen LogP contribution in [0.25, 0.3) is 0 Å². The second-order valence-electron chi connectivity index (χ2n) is 6.13. The summed E-state index contributed by atoms with van der Waals surface area (Å²) in [5.41, 5.74) is 2.36. The normalized spacial score (nSPS) is 15.4. The molecule has 0 aliphatic carbocycles. The minimum Gasteiger partial charge on any atom is -0.378 e. The molecule has 0 unspecified atom stereocenters. The van der Waals surface area contributed by atoms with Crippen LogP contribution in [0.2, 0.25) is 5.02 Å². The highest BCUT2D eigenvalue weighted by atomic mass is 35.5. The van der Waals surface area contributed by atoms with Gasteiger partial charge in [-0.15, -0.1) is 0 Å². The van der Waals surface area contributed by atoms with Crippen LogP contribution in [0.4, 0.5) is 21.5 Å². The zero-order valence-corrected chi connectivity index (χ0v) is 15.2. The third kappa shape index (κ3) is 4.65. The van der Waals surface area contributed by atoms with Crippen molar-refractivity contribution in [1.29, 1.82) is 0 Å². The van der Waals surface area contributed by atoms with E-state index in [-0.39, 0.29) is 10.9 Å². The number of nitrogens with one attached hydrogen (secondary N) is 2. The van der Waals surface area contributed by atoms with Gasteiger partial charge in [0, 0.05) is 24.5 Å². The van der Waals surface area contributed by atoms with E-state index in [9.17, 15) is 9.18 Å². The van der Waals surface area contributed by atoms with Crippen LogP contribution in [0, 0.1) is 5.82 Å². The van der Waals surface area contributed by atoms with Crippen molar-refractivity contribution in [3.63, 3.8) is 0 Å². The number of carbonyl (C=O) groups excluding carboxylic acids is 1. The Bertz CT molecular complexity index is 764. The van der Waals surface area contributed by atoms with Crippen molar-refractivity contribution in [3.05, 3.63) is 53.3 Å². The second-order valence-corrected chi connectivity index (χ2v) is 6.53. The third-order valence-electron chi connectivity index (χ3n) is 4.21. The molecule has 1 atom stereocenters. The lowest BCUT2D eigenvalue weighted by atomic mass is 10.2. The third-order valence-corrected chi connectivity index (χ3v) is 4.52. The minimum atomic E-state index is -0.481. The molecular formula is C19H21ClFN3O2. The van der Waals surface area contributed by atoms with Crippen molar-refractivity contribution in [2.75, 3.05) is 41.8 Å². The van der Waals surface area contributed by atoms with Gasteiger partial charge in [0.2, 0.25) is 5.91 Å². The number of morpholine rings is 1. The fourth-order valence-electron chi connectivity index (χ4n) is 2.74. The van der Waals surface area contributed by atoms with E-state index < -0.39 is 11.9 Å². The fraction of sp³-hybridized carbons (Fsp3) is 0.316. The highest BCUT2D eigenvalue weighted by Crippen LogP contribution is 2.23. The summed E-state index contributed by atoms with van der Waals surface area (Å²) < 4.78 is 18.4. The number of benzene rings is 2. The van der Waals surface area contributed by atoms with Crippen molar-refractivity contribution in [3.8, 4) is 0 Å². The minimum absolute atomic E-state index is 0.167. The van der Waals surface area contributed by atoms with Crippen LogP contribution < -0.4 is 15.5 Å². The topological polar surface area (TPSA) is 53.6 Å². The molecule has 0 radical (unpaired) electrons. The van der Waals surface area contributed by atoms with Crippen LogP contribution in [0.5, 0.6) is 0 Å². The molecule has 7 heteroatoms. The molecule has 5 nitrogen and oxygen atoms in total. The summed E-state index contributed by atoms with van der Waals surface area (Å²) in [7, 11) is 0. The molecular weight excluding hydrogens is 357 g/mol. The molecule has 0 aromatic heterocycles. The number of amides is 1. The highest BCUT2D eigenvalue weighted by Gasteiger charge is 2.15. The van der Waals surface area contributed by atoms with Gasteiger partial charge in [0.25, 0.3) is 0 Å². The van der Waals surface area contributed by atoms with Crippen LogP contribution in [-0.2, 0) is 9.53 Å². The summed E-state index contributed by atoms with van der Waals surface area (Å²) in [6.45, 7) is 4.99. The first kappa shape index (κ1) is 18.5. The van der Waals surface area contributed by atoms with Gasteiger partial charge in [-0.2, -0.15) is 0 Å². The van der Waals surface area contributed by atoms with Crippen molar-refractivity contribution in [2.45, 2.75) is 13.0 Å². The number of nitrogens with zero attached hydrogens (tertiary/aromatic N) is 1. The van der Waals surface area contributed by atoms with Crippen molar-refractivity contribution < 1.29 is 13.9 Å². The Hall–Kier alpha value is -2.31. The first-order valence-electron chi connectivity index (χ1n) is 8.48. The summed E-state index contributed by atoms with van der Waals surface area (Å²) >= 11 is 5.94. The zero-order valence-electron chi connectivity index (χ0n) is 14.5. The van der Waals surface area contributed by atoms with Gasteiger partial charge in [0.15, 0.2) is 0 Å². The van der Waals surface area contributed by atoms with Gasteiger partial charge in [0.05, 0.1) is 23.9 Å². The van der Waals surface area contributed by atoms with E-state index in [0.717, 1.165) is 37.7 Å². The molecule has 1 fully saturated rings. The number of halogens is 2. The standard InChI is InChI=1S/C19H21ClFN3O2/c1-13(19(25)23-18-7-2-14(21)12-17(18)20)22-15-3-5-16(6-4-15)24-8-10-26-11-9-24/h2-7,12-13,22H,8-11H2,1H3,(H,23,25)/t13-/m0/s1. The van der Waals surface area contributed by atoms with Crippen LogP contribution in [0.3, 0.4) is 0 Å². The van der Waals surface area contributed by atoms with Crippen molar-refractivity contribution >= 4 is 34.6 Å². The molecule has 2 aromatic carbocycles. The van der Waals surface area contributed by atoms with E-state index in [0.29, 0.717) is 5.69 Å². The van der Waals surface area contributed by atoms with Crippen molar-refractivity contribution in [1.82, 2.24) is 0 Å². The molecule has 0 spiro atoms. The average Bonchev–Trinajstić information content (AvgIpc) is 2.65. The monoisotopic (exact) mass is 377 g/mol. The molecule has 3 rings (SSSR count). The lowest BCUT2D eigenvalue weighted by Crippen LogP contribution is -2.36. The Labute approximate surface area is 157 Å². The smallest absolute Gasteiger partial charge is 0.246 e. The van der Waals surface area contributed by atoms with Crippen LogP contribution in [0.15, 0.2) is 42.5 Å². The lowest BCUT2D eigenvalue weighted by Gasteiger charge is -2.29. The number of carbonyl (C=O) groups is 1. The average molecular weight is 378 g/mol. The first-order chi connectivity index (χ1) is 12.5. The van der Waals surface area contributed by atoms with E-state index in [1.54, 1.807) is 6.92 Å². The number of hydrogen-bond donors (Lipinski definition) is 2. The number of anilines is 3. The Morgan fingerprint density at radius 1 is 1.19 bits per heavy atom. The Morgan fingerprint density at radius 3 is 2.54 bits per heavy atom. The molecule has 1 saturated heterocycles. The molecule has 2 N–H and O–H groups in total. The van der Waals surface area contributed by atoms with Gasteiger partial charge in [-0.3, -0.25) is 4.79 Å². The predicted molar refractivity (Wildman–Crippen MR) is 103 cm³/mol. The number of rotatable bonds is 5. The van der Waals surface area contributed by atoms with E-state index in [2.05, 4.69) is 15.5 Å². The summed E-state index contributed by atoms with van der Waals surface area (Å²) in [4.78, 5) is 14.6. The highest BCUT2D eigenvalue weighted by molar-refractivity contribution is 6.33. The van der Waals surface area contributed by atoms with Gasteiger partial charge in [-0.25, -0.2) is 4.39 Å². The van der Waals surface area contributed by atoms with Crippen LogP contribution in [0.1, 0.15) is 6.92 Å². The van der Waals surface area contributed by atoms with Gasteiger partial charge >= 0.3 is 0 Å². The maximum atomic E-state index is 13.1. The van der Waals surface area contributed by atoms with Crippen molar-refractivity contribution in [2.24, 2.45) is 0 Å². The van der Waals surface area contributed by atoms with Gasteiger partial charge in [0.1, 0.15) is 11.9 Å². The van der Waals surface area contributed by atoms with Gasteiger partial charge < -0.3 is 20.3 Å². The Morgan fingerprint density at radius 2 is 1.88 bits per heavy atom. The SMILES string of the molecule is C[C@H](Nc1ccc(N2CCOCC2)cc1)C(=O)Nc1ccc(F)cc1Cl. The second kappa shape index (κ2) is 8.38. The summed E-state index contributed by atoms with van der Waals surface area (Å²) in [5.74, 6) is -0.699. The van der Waals surface area contributed by atoms with Crippen LogP contribution >= 0.6 is 11.6 Å². The quantitative estimate of drug-likeness (QED) is 0.833. The fourth-order valence-corrected chi connectivity index (χ4v) is 2.95. The maximum absolute atomic E-state index is 13.1. The largest absolute Gasteiger partial charge is 0.378 e. The Balaban J connectivity index is 1.58. The van der Waals surface area contributed by atoms with E-state index in [1.807, 2.05) is 24.3 Å². The molecule has 1 heterocycles. The molecule has 2 aromatic rings.